The predicted molar refractivity (Wildman–Crippen MR) is 340 cm³/mol. The van der Waals surface area contributed by atoms with Gasteiger partial charge in [0.25, 0.3) is 0 Å². The summed E-state index contributed by atoms with van der Waals surface area (Å²) in [7, 11) is 0. The quantitative estimate of drug-likeness (QED) is 0.0252. The van der Waals surface area contributed by atoms with Crippen molar-refractivity contribution >= 4 is 11.8 Å². The van der Waals surface area contributed by atoms with Crippen molar-refractivity contribution in [2.75, 3.05) is 39.6 Å². The lowest BCUT2D eigenvalue weighted by molar-refractivity contribution is -0.386. The third kappa shape index (κ3) is 25.9. The van der Waals surface area contributed by atoms with Gasteiger partial charge in [-0.05, 0) is 19.3 Å². The highest BCUT2D eigenvalue weighted by Gasteiger charge is 2.57. The van der Waals surface area contributed by atoms with Gasteiger partial charge in [-0.25, -0.2) is 0 Å². The van der Waals surface area contributed by atoms with E-state index in [0.29, 0.717) is 12.8 Å². The van der Waals surface area contributed by atoms with Gasteiger partial charge in [0.2, 0.25) is 11.8 Å². The normalized spacial score (nSPS) is 36.6. The molecule has 96 heavy (non-hydrogen) atoms. The Morgan fingerprint density at radius 2 is 0.771 bits per heavy atom. The Hall–Kier alpha value is -2.36. The minimum absolute atomic E-state index is 0.194. The summed E-state index contributed by atoms with van der Waals surface area (Å²) >= 11 is 0. The lowest BCUT2D eigenvalue weighted by atomic mass is 9.94. The first-order valence-electron chi connectivity index (χ1n) is 35.5. The van der Waals surface area contributed by atoms with Crippen LogP contribution in [-0.2, 0) is 57.0 Å². The molecule has 0 aromatic rings. The number of aliphatic hydroxyl groups excluding tert-OH is 16. The van der Waals surface area contributed by atoms with Crippen LogP contribution in [0.3, 0.4) is 0 Å². The van der Waals surface area contributed by atoms with Gasteiger partial charge in [0, 0.05) is 13.3 Å². The lowest BCUT2D eigenvalue weighted by Crippen LogP contribution is -2.70. The van der Waals surface area contributed by atoms with Crippen LogP contribution in [0.1, 0.15) is 188 Å². The van der Waals surface area contributed by atoms with Gasteiger partial charge >= 0.3 is 0 Å². The van der Waals surface area contributed by atoms with E-state index in [1.165, 1.54) is 103 Å². The van der Waals surface area contributed by atoms with E-state index in [1.54, 1.807) is 6.08 Å². The molecule has 5 fully saturated rings. The number of carbonyl (C=O) groups excluding carboxylic acids is 2. The van der Waals surface area contributed by atoms with E-state index in [2.05, 4.69) is 24.5 Å². The first-order valence-corrected chi connectivity index (χ1v) is 35.5. The number of rotatable bonds is 46. The molecular weight excluding hydrogens is 1270 g/mol. The molecule has 5 aliphatic heterocycles. The molecular formula is C66H120N2O28. The van der Waals surface area contributed by atoms with E-state index in [0.717, 1.165) is 51.9 Å². The molecule has 5 heterocycles. The molecule has 5 rings (SSSR count). The number of allylic oxidation sites excluding steroid dienone is 1. The van der Waals surface area contributed by atoms with Crippen molar-refractivity contribution in [1.29, 1.82) is 0 Å². The summed E-state index contributed by atoms with van der Waals surface area (Å²) in [6.45, 7) is 0.357. The monoisotopic (exact) mass is 1390 g/mol. The van der Waals surface area contributed by atoms with E-state index in [4.69, 9.17) is 47.4 Å². The summed E-state index contributed by atoms with van der Waals surface area (Å²) in [6.07, 6.45) is -13.7. The van der Waals surface area contributed by atoms with Crippen LogP contribution in [0.25, 0.3) is 0 Å². The van der Waals surface area contributed by atoms with E-state index in [-0.39, 0.29) is 12.3 Å². The lowest BCUT2D eigenvalue weighted by Gasteiger charge is -2.50. The molecule has 0 aliphatic carbocycles. The van der Waals surface area contributed by atoms with Crippen LogP contribution in [0.5, 0.6) is 0 Å². The maximum Gasteiger partial charge on any atom is 0.220 e. The van der Waals surface area contributed by atoms with Crippen molar-refractivity contribution in [3.63, 3.8) is 0 Å². The van der Waals surface area contributed by atoms with Crippen molar-refractivity contribution in [2.45, 2.75) is 353 Å². The Kier molecular flexibility index (Phi) is 40.0. The molecule has 0 saturated carbocycles. The summed E-state index contributed by atoms with van der Waals surface area (Å²) in [4.78, 5) is 26.1. The molecule has 0 bridgehead atoms. The summed E-state index contributed by atoms with van der Waals surface area (Å²) in [5.74, 6) is -1.15. The minimum atomic E-state index is -2.14. The first-order chi connectivity index (χ1) is 46.2. The fourth-order valence-electron chi connectivity index (χ4n) is 12.9. The fourth-order valence-corrected chi connectivity index (χ4v) is 12.9. The highest BCUT2D eigenvalue weighted by Crippen LogP contribution is 2.36. The highest BCUT2D eigenvalue weighted by atomic mass is 16.8. The van der Waals surface area contributed by atoms with Crippen molar-refractivity contribution < 1.29 is 139 Å². The van der Waals surface area contributed by atoms with Crippen LogP contribution in [0.15, 0.2) is 12.2 Å². The Morgan fingerprint density at radius 1 is 0.406 bits per heavy atom. The number of nitrogens with one attached hydrogen (secondary N) is 2. The largest absolute Gasteiger partial charge is 0.394 e. The molecule has 5 aliphatic rings. The third-order valence-electron chi connectivity index (χ3n) is 18.7. The van der Waals surface area contributed by atoms with Crippen molar-refractivity contribution in [3.8, 4) is 0 Å². The second-order valence-electron chi connectivity index (χ2n) is 26.4. The molecule has 18 N–H and O–H groups in total. The van der Waals surface area contributed by atoms with Crippen molar-refractivity contribution in [1.82, 2.24) is 10.6 Å². The number of hydrogen-bond donors (Lipinski definition) is 18. The molecule has 30 heteroatoms. The number of amides is 2. The van der Waals surface area contributed by atoms with Crippen LogP contribution in [0.4, 0.5) is 0 Å². The number of hydrogen-bond acceptors (Lipinski definition) is 28. The second-order valence-corrected chi connectivity index (χ2v) is 26.4. The summed E-state index contributed by atoms with van der Waals surface area (Å²) in [6, 6.07) is -2.80. The molecule has 30 nitrogen and oxygen atoms in total. The van der Waals surface area contributed by atoms with Crippen LogP contribution in [-0.4, -0.2) is 299 Å². The summed E-state index contributed by atoms with van der Waals surface area (Å²) in [5.41, 5.74) is 0. The number of carbonyl (C=O) groups is 2. The zero-order valence-corrected chi connectivity index (χ0v) is 56.4. The smallest absolute Gasteiger partial charge is 0.220 e. The van der Waals surface area contributed by atoms with Gasteiger partial charge in [0.15, 0.2) is 31.5 Å². The van der Waals surface area contributed by atoms with E-state index in [9.17, 15) is 91.3 Å². The third-order valence-corrected chi connectivity index (χ3v) is 18.7. The van der Waals surface area contributed by atoms with Crippen LogP contribution in [0.2, 0.25) is 0 Å². The molecule has 0 aromatic carbocycles. The SMILES string of the molecule is CCCCCCCCCCCCC/C=C/[C@@H](O)[C@H](CO[C@@H]1OC(CO)[C@@H](O[C@@H]2OC(CO)[C@H](O)[C@H](O[C@@H]3OC(CO)[C@@H](O[C@@H]4OC(CO)[C@H](O[C@@H]5OC(CO)[C@H](O)[C@H](O)C5O)[C@H](O)C4O)[C@H](O)C3NC(C)=O)C2O)[C@H](O)C1O)NC(=O)CCCCCCCCCCCCCCC. The van der Waals surface area contributed by atoms with Crippen LogP contribution < -0.4 is 10.6 Å². The molecule has 27 atom stereocenters. The van der Waals surface area contributed by atoms with Gasteiger partial charge < -0.3 is 140 Å². The van der Waals surface area contributed by atoms with Gasteiger partial charge in [0.1, 0.15) is 122 Å². The topological polar surface area (TPSA) is 474 Å². The molecule has 2 amide bonds. The maximum atomic E-state index is 13.4. The van der Waals surface area contributed by atoms with Gasteiger partial charge in [-0.2, -0.15) is 0 Å². The second kappa shape index (κ2) is 45.6. The number of aliphatic hydroxyl groups is 16. The minimum Gasteiger partial charge on any atom is -0.394 e. The van der Waals surface area contributed by atoms with Gasteiger partial charge in [-0.1, -0.05) is 167 Å². The van der Waals surface area contributed by atoms with Crippen molar-refractivity contribution in [2.24, 2.45) is 0 Å². The zero-order chi connectivity index (χ0) is 70.3. The summed E-state index contributed by atoms with van der Waals surface area (Å²) in [5, 5.41) is 180. The molecule has 0 spiro atoms. The Labute approximate surface area is 564 Å². The number of unbranched alkanes of at least 4 members (excludes halogenated alkanes) is 23. The molecule has 5 saturated heterocycles. The average molecular weight is 1390 g/mol. The van der Waals surface area contributed by atoms with E-state index >= 15 is 0 Å². The molecule has 10 unspecified atom stereocenters. The standard InChI is InChI=1S/C66H120N2O28/c1-4-6-8-10-12-14-16-18-20-22-24-26-28-30-40(75)39(68-46(76)31-29-27-25-23-21-19-17-15-13-11-9-7-5-2)37-87-63-55(84)52(81)59(44(35-72)91-63)95-66-57(86)61(49(78)42(33-70)89-66)96-62-47(67-38(3)74)50(79)58(43(34-71)90-62)93-65-56(85)53(82)60(45(36-73)92-65)94-64-54(83)51(80)48(77)41(32-69)88-64/h28,30,39-45,47-66,69-73,75,77-86H,4-27,29,31-37H2,1-3H3,(H,67,74)(H,68,76)/b30-28+/t39-,40+,41?,42?,43?,44?,45?,47?,48-,49-,50+,51-,52+,53+,54?,55?,56?,57?,58+,59+,60-,61-,62-,63+,64-,65-,66-/m0/s1. The first kappa shape index (κ1) is 84.3. The zero-order valence-electron chi connectivity index (χ0n) is 56.4. The highest BCUT2D eigenvalue weighted by molar-refractivity contribution is 5.76. The van der Waals surface area contributed by atoms with Crippen LogP contribution >= 0.6 is 0 Å². The predicted octanol–water partition coefficient (Wildman–Crippen LogP) is -1.17. The van der Waals surface area contributed by atoms with E-state index < -0.39 is 211 Å². The molecule has 562 valence electrons. The Bertz CT molecular complexity index is 2110. The molecule has 0 aromatic heterocycles. The van der Waals surface area contributed by atoms with Gasteiger partial charge in [-0.3, -0.25) is 9.59 Å². The Balaban J connectivity index is 1.21. The van der Waals surface area contributed by atoms with E-state index in [1.807, 2.05) is 6.08 Å². The average Bonchev–Trinajstić information content (AvgIpc) is 0.800. The number of ether oxygens (including phenoxy) is 10. The summed E-state index contributed by atoms with van der Waals surface area (Å²) < 4.78 is 58.2. The van der Waals surface area contributed by atoms with Gasteiger partial charge in [-0.15, -0.1) is 0 Å². The van der Waals surface area contributed by atoms with Crippen LogP contribution in [0, 0.1) is 0 Å². The van der Waals surface area contributed by atoms with Gasteiger partial charge in [0.05, 0.1) is 51.8 Å². The maximum absolute atomic E-state index is 13.4. The molecule has 0 radical (unpaired) electrons. The fraction of sp³-hybridized carbons (Fsp3) is 0.939. The van der Waals surface area contributed by atoms with Crippen molar-refractivity contribution in [3.05, 3.63) is 12.2 Å². The Morgan fingerprint density at radius 3 is 1.23 bits per heavy atom.